The Hall–Kier alpha value is -1.10. The third kappa shape index (κ3) is 3.93. The van der Waals surface area contributed by atoms with Crippen LogP contribution in [0.2, 0.25) is 0 Å². The van der Waals surface area contributed by atoms with Gasteiger partial charge in [0.25, 0.3) is 0 Å². The van der Waals surface area contributed by atoms with Crippen molar-refractivity contribution in [3.05, 3.63) is 0 Å². The number of carbonyl (C=O) groups excluding carboxylic acids is 2. The van der Waals surface area contributed by atoms with Crippen molar-refractivity contribution in [2.75, 3.05) is 13.7 Å². The Balaban J connectivity index is 1.96. The van der Waals surface area contributed by atoms with Crippen molar-refractivity contribution >= 4 is 11.9 Å². The number of nitrogens with zero attached hydrogens (tertiary/aromatic N) is 1. The lowest BCUT2D eigenvalue weighted by molar-refractivity contribution is -0.144. The average molecular weight is 268 g/mol. The van der Waals surface area contributed by atoms with Crippen LogP contribution in [-0.2, 0) is 14.3 Å². The molecule has 0 bridgehead atoms. The van der Waals surface area contributed by atoms with Crippen molar-refractivity contribution in [2.24, 2.45) is 0 Å². The Morgan fingerprint density at radius 2 is 1.89 bits per heavy atom. The van der Waals surface area contributed by atoms with Crippen molar-refractivity contribution in [3.63, 3.8) is 0 Å². The SMILES string of the molecule is COC(=O)CN(C1CCCC1)C(C)C(=O)NC1CC1. The standard InChI is InChI=1S/C14H24N2O3/c1-10(14(18)15-11-7-8-11)16(9-13(17)19-2)12-5-3-4-6-12/h10-12H,3-9H2,1-2H3,(H,15,18). The maximum absolute atomic E-state index is 12.2. The van der Waals surface area contributed by atoms with E-state index in [1.165, 1.54) is 20.0 Å². The number of esters is 1. The largest absolute Gasteiger partial charge is 0.468 e. The number of carbonyl (C=O) groups is 2. The summed E-state index contributed by atoms with van der Waals surface area (Å²) >= 11 is 0. The van der Waals surface area contributed by atoms with Crippen LogP contribution in [0.4, 0.5) is 0 Å². The van der Waals surface area contributed by atoms with Crippen LogP contribution in [0.15, 0.2) is 0 Å². The van der Waals surface area contributed by atoms with Gasteiger partial charge in [0.2, 0.25) is 5.91 Å². The molecule has 1 N–H and O–H groups in total. The van der Waals surface area contributed by atoms with Gasteiger partial charge in [0.15, 0.2) is 0 Å². The van der Waals surface area contributed by atoms with Gasteiger partial charge in [-0.05, 0) is 32.6 Å². The van der Waals surface area contributed by atoms with E-state index < -0.39 is 0 Å². The maximum Gasteiger partial charge on any atom is 0.319 e. The third-order valence-corrected chi connectivity index (χ3v) is 4.13. The molecule has 108 valence electrons. The van der Waals surface area contributed by atoms with Crippen molar-refractivity contribution in [3.8, 4) is 0 Å². The predicted octanol–water partition coefficient (Wildman–Crippen LogP) is 1.07. The molecular weight excluding hydrogens is 244 g/mol. The maximum atomic E-state index is 12.2. The Morgan fingerprint density at radius 3 is 2.42 bits per heavy atom. The Labute approximate surface area is 114 Å². The number of hydrogen-bond donors (Lipinski definition) is 1. The average Bonchev–Trinajstić information content (AvgIpc) is 3.06. The first-order chi connectivity index (χ1) is 9.11. The van der Waals surface area contributed by atoms with E-state index in [0.29, 0.717) is 12.1 Å². The lowest BCUT2D eigenvalue weighted by Gasteiger charge is -2.32. The van der Waals surface area contributed by atoms with Crippen LogP contribution in [0.25, 0.3) is 0 Å². The molecule has 0 heterocycles. The van der Waals surface area contributed by atoms with Gasteiger partial charge in [-0.3, -0.25) is 14.5 Å². The summed E-state index contributed by atoms with van der Waals surface area (Å²) in [6.07, 6.45) is 6.66. The smallest absolute Gasteiger partial charge is 0.319 e. The molecule has 0 aliphatic heterocycles. The van der Waals surface area contributed by atoms with Crippen molar-refractivity contribution in [1.82, 2.24) is 10.2 Å². The minimum absolute atomic E-state index is 0.0401. The third-order valence-electron chi connectivity index (χ3n) is 4.13. The molecule has 1 atom stereocenters. The van der Waals surface area contributed by atoms with E-state index >= 15 is 0 Å². The minimum Gasteiger partial charge on any atom is -0.468 e. The Kier molecular flexibility index (Phi) is 4.80. The van der Waals surface area contributed by atoms with Gasteiger partial charge in [-0.25, -0.2) is 0 Å². The van der Waals surface area contributed by atoms with Gasteiger partial charge in [-0.1, -0.05) is 12.8 Å². The van der Waals surface area contributed by atoms with E-state index in [1.54, 1.807) is 0 Å². The lowest BCUT2D eigenvalue weighted by atomic mass is 10.1. The quantitative estimate of drug-likeness (QED) is 0.732. The number of ether oxygens (including phenoxy) is 1. The second-order valence-electron chi connectivity index (χ2n) is 5.65. The fraction of sp³-hybridized carbons (Fsp3) is 0.857. The first-order valence-electron chi connectivity index (χ1n) is 7.24. The summed E-state index contributed by atoms with van der Waals surface area (Å²) in [4.78, 5) is 25.7. The number of rotatable bonds is 6. The summed E-state index contributed by atoms with van der Waals surface area (Å²) in [5.74, 6) is -0.226. The Bertz CT molecular complexity index is 336. The molecule has 2 aliphatic carbocycles. The molecule has 2 saturated carbocycles. The number of nitrogens with one attached hydrogen (secondary N) is 1. The van der Waals surface area contributed by atoms with Crippen molar-refractivity contribution in [1.29, 1.82) is 0 Å². The van der Waals surface area contributed by atoms with Gasteiger partial charge in [-0.15, -0.1) is 0 Å². The van der Waals surface area contributed by atoms with Crippen molar-refractivity contribution in [2.45, 2.75) is 63.6 Å². The highest BCUT2D eigenvalue weighted by Gasteiger charge is 2.34. The van der Waals surface area contributed by atoms with Gasteiger partial charge in [-0.2, -0.15) is 0 Å². The zero-order valence-corrected chi connectivity index (χ0v) is 11.9. The molecule has 1 unspecified atom stereocenters. The number of hydrogen-bond acceptors (Lipinski definition) is 4. The second-order valence-corrected chi connectivity index (χ2v) is 5.65. The molecule has 0 saturated heterocycles. The molecule has 0 aromatic carbocycles. The van der Waals surface area contributed by atoms with Crippen LogP contribution >= 0.6 is 0 Å². The second kappa shape index (κ2) is 6.37. The van der Waals surface area contributed by atoms with Crippen LogP contribution in [0.5, 0.6) is 0 Å². The predicted molar refractivity (Wildman–Crippen MR) is 71.6 cm³/mol. The van der Waals surface area contributed by atoms with Gasteiger partial charge in [0.05, 0.1) is 19.7 Å². The van der Waals surface area contributed by atoms with Crippen LogP contribution in [0.3, 0.4) is 0 Å². The Morgan fingerprint density at radius 1 is 1.26 bits per heavy atom. The molecule has 2 rings (SSSR count). The first-order valence-corrected chi connectivity index (χ1v) is 7.24. The number of amides is 1. The highest BCUT2D eigenvalue weighted by molar-refractivity contribution is 5.82. The van der Waals surface area contributed by atoms with Gasteiger partial charge >= 0.3 is 5.97 Å². The fourth-order valence-corrected chi connectivity index (χ4v) is 2.73. The van der Waals surface area contributed by atoms with E-state index in [-0.39, 0.29) is 24.5 Å². The van der Waals surface area contributed by atoms with E-state index in [0.717, 1.165) is 25.7 Å². The minimum atomic E-state index is -0.266. The summed E-state index contributed by atoms with van der Waals surface area (Å²) < 4.78 is 4.75. The van der Waals surface area contributed by atoms with Gasteiger partial charge in [0.1, 0.15) is 0 Å². The van der Waals surface area contributed by atoms with Crippen LogP contribution in [0.1, 0.15) is 45.4 Å². The summed E-state index contributed by atoms with van der Waals surface area (Å²) in [6.45, 7) is 2.10. The molecule has 0 spiro atoms. The van der Waals surface area contributed by atoms with E-state index in [1.807, 2.05) is 11.8 Å². The molecule has 5 nitrogen and oxygen atoms in total. The molecule has 2 fully saturated rings. The summed E-state index contributed by atoms with van der Waals surface area (Å²) in [5.41, 5.74) is 0. The molecule has 1 amide bonds. The zero-order chi connectivity index (χ0) is 13.8. The molecule has 19 heavy (non-hydrogen) atoms. The molecular formula is C14H24N2O3. The summed E-state index contributed by atoms with van der Waals surface area (Å²) in [7, 11) is 1.39. The molecule has 0 radical (unpaired) electrons. The van der Waals surface area contributed by atoms with E-state index in [4.69, 9.17) is 4.74 Å². The van der Waals surface area contributed by atoms with Gasteiger partial charge in [0, 0.05) is 12.1 Å². The molecule has 2 aliphatic rings. The van der Waals surface area contributed by atoms with Gasteiger partial charge < -0.3 is 10.1 Å². The van der Waals surface area contributed by atoms with Crippen molar-refractivity contribution < 1.29 is 14.3 Å². The van der Waals surface area contributed by atoms with Crippen LogP contribution in [-0.4, -0.2) is 48.6 Å². The zero-order valence-electron chi connectivity index (χ0n) is 11.9. The monoisotopic (exact) mass is 268 g/mol. The molecule has 0 aromatic rings. The lowest BCUT2D eigenvalue weighted by Crippen LogP contribution is -2.51. The highest BCUT2D eigenvalue weighted by Crippen LogP contribution is 2.26. The summed E-state index contributed by atoms with van der Waals surface area (Å²) in [5, 5.41) is 3.02. The van der Waals surface area contributed by atoms with E-state index in [9.17, 15) is 9.59 Å². The first kappa shape index (κ1) is 14.3. The fourth-order valence-electron chi connectivity index (χ4n) is 2.73. The van der Waals surface area contributed by atoms with Crippen LogP contribution < -0.4 is 5.32 Å². The highest BCUT2D eigenvalue weighted by atomic mass is 16.5. The summed E-state index contributed by atoms with van der Waals surface area (Å²) in [6, 6.07) is 0.431. The number of methoxy groups -OCH3 is 1. The normalized spacial score (nSPS) is 21.4. The molecule has 0 aromatic heterocycles. The van der Waals surface area contributed by atoms with Crippen LogP contribution in [0, 0.1) is 0 Å². The molecule has 5 heteroatoms. The topological polar surface area (TPSA) is 58.6 Å². The van der Waals surface area contributed by atoms with E-state index in [2.05, 4.69) is 5.32 Å².